The van der Waals surface area contributed by atoms with E-state index in [4.69, 9.17) is 4.98 Å². The standard InChI is InChI=1S/C45H40B10N2/c46-35-33(36(47)40(51)43(54)39(35)50)28-17-6-5-16-27(28)32-25-14-3-1-12-23(25)31(24-13-2-4-15-26(24)32)21-10-9-11-22(20-21)57-30-19-8-7-18-29(30)56-45(57)34-37(48)41(52)44(55)42(53)38(34)49/h1-20H,46-55H2. The summed E-state index contributed by atoms with van der Waals surface area (Å²) in [6.45, 7) is 0. The van der Waals surface area contributed by atoms with Gasteiger partial charge in [-0.2, -0.15) is 0 Å². The summed E-state index contributed by atoms with van der Waals surface area (Å²) in [5, 5.41) is 5.00. The van der Waals surface area contributed by atoms with Crippen LogP contribution in [0.5, 0.6) is 0 Å². The van der Waals surface area contributed by atoms with Gasteiger partial charge < -0.3 is 0 Å². The molecule has 260 valence electrons. The number of hydrogen-bond donors (Lipinski definition) is 0. The number of rotatable bonds is 5. The Bertz CT molecular complexity index is 3040. The molecule has 9 aromatic rings. The van der Waals surface area contributed by atoms with E-state index in [0.717, 1.165) is 22.5 Å². The van der Waals surface area contributed by atoms with Gasteiger partial charge in [-0.05, 0) is 79.2 Å². The number of hydrogen-bond acceptors (Lipinski definition) is 1. The van der Waals surface area contributed by atoms with E-state index in [-0.39, 0.29) is 0 Å². The molecule has 0 radical (unpaired) electrons. The van der Waals surface area contributed by atoms with E-state index in [1.165, 1.54) is 115 Å². The van der Waals surface area contributed by atoms with Crippen LogP contribution in [-0.4, -0.2) is 88.0 Å². The Labute approximate surface area is 345 Å². The van der Waals surface area contributed by atoms with Crippen LogP contribution in [0.3, 0.4) is 0 Å². The van der Waals surface area contributed by atoms with Crippen LogP contribution in [0, 0.1) is 0 Å². The first-order valence-corrected chi connectivity index (χ1v) is 20.2. The highest BCUT2D eigenvalue weighted by Gasteiger charge is 2.24. The maximum absolute atomic E-state index is 5.36. The van der Waals surface area contributed by atoms with Crippen LogP contribution in [-0.2, 0) is 0 Å². The fraction of sp³-hybridized carbons (Fsp3) is 0. The molecule has 0 aliphatic heterocycles. The first-order valence-electron chi connectivity index (χ1n) is 20.2. The van der Waals surface area contributed by atoms with Gasteiger partial charge in [0.1, 0.15) is 84.3 Å². The van der Waals surface area contributed by atoms with Gasteiger partial charge in [-0.15, -0.1) is 32.8 Å². The topological polar surface area (TPSA) is 17.8 Å². The minimum absolute atomic E-state index is 0.989. The third-order valence-electron chi connectivity index (χ3n) is 13.6. The van der Waals surface area contributed by atoms with Crippen molar-refractivity contribution in [3.05, 3.63) is 121 Å². The Morgan fingerprint density at radius 1 is 0.351 bits per heavy atom. The Hall–Kier alpha value is -5.60. The van der Waals surface area contributed by atoms with Gasteiger partial charge in [-0.1, -0.05) is 119 Å². The van der Waals surface area contributed by atoms with Gasteiger partial charge in [0, 0.05) is 11.3 Å². The Kier molecular flexibility index (Phi) is 9.15. The van der Waals surface area contributed by atoms with E-state index in [1.807, 2.05) is 0 Å². The second-order valence-electron chi connectivity index (χ2n) is 16.2. The smallest absolute Gasteiger partial charge is 0.144 e. The summed E-state index contributed by atoms with van der Waals surface area (Å²) in [5.41, 5.74) is 25.5. The molecule has 0 bridgehead atoms. The zero-order valence-electron chi connectivity index (χ0n) is 34.9. The van der Waals surface area contributed by atoms with Crippen LogP contribution in [0.4, 0.5) is 0 Å². The van der Waals surface area contributed by atoms with E-state index >= 15 is 0 Å². The molecule has 0 saturated heterocycles. The van der Waals surface area contributed by atoms with Crippen molar-refractivity contribution < 1.29 is 0 Å². The summed E-state index contributed by atoms with van der Waals surface area (Å²) in [4.78, 5) is 5.36. The molecular weight excluding hydrogens is 677 g/mol. The van der Waals surface area contributed by atoms with Crippen molar-refractivity contribution >= 4 is 166 Å². The number of imidazole rings is 1. The molecule has 0 N–H and O–H groups in total. The summed E-state index contributed by atoms with van der Waals surface area (Å²) in [6, 6.07) is 44.8. The maximum Gasteiger partial charge on any atom is 0.144 e. The van der Waals surface area contributed by atoms with Gasteiger partial charge in [-0.3, -0.25) is 4.57 Å². The Morgan fingerprint density at radius 3 is 1.32 bits per heavy atom. The predicted molar refractivity (Wildman–Crippen MR) is 280 cm³/mol. The normalized spacial score (nSPS) is 11.5. The molecule has 1 heterocycles. The lowest BCUT2D eigenvalue weighted by atomic mass is 9.59. The van der Waals surface area contributed by atoms with Crippen LogP contribution >= 0.6 is 0 Å². The van der Waals surface area contributed by atoms with Gasteiger partial charge in [-0.25, -0.2) is 4.98 Å². The monoisotopic (exact) mass is 718 g/mol. The predicted octanol–water partition coefficient (Wildman–Crippen LogP) is -5.42. The van der Waals surface area contributed by atoms with Gasteiger partial charge in [0.05, 0.1) is 11.0 Å². The molecule has 0 aliphatic carbocycles. The van der Waals surface area contributed by atoms with E-state index in [0.29, 0.717) is 0 Å². The Morgan fingerprint density at radius 2 is 0.772 bits per heavy atom. The summed E-state index contributed by atoms with van der Waals surface area (Å²) in [6.07, 6.45) is 0. The second-order valence-corrected chi connectivity index (χ2v) is 16.2. The molecule has 9 rings (SSSR count). The highest BCUT2D eigenvalue weighted by atomic mass is 15.1. The first kappa shape index (κ1) is 37.0. The van der Waals surface area contributed by atoms with E-state index < -0.39 is 0 Å². The van der Waals surface area contributed by atoms with Crippen molar-refractivity contribution in [1.82, 2.24) is 9.55 Å². The number of nitrogens with zero attached hydrogens (tertiary/aromatic N) is 2. The molecule has 0 spiro atoms. The molecule has 0 amide bonds. The molecule has 0 aliphatic rings. The zero-order valence-corrected chi connectivity index (χ0v) is 34.9. The van der Waals surface area contributed by atoms with Crippen molar-refractivity contribution in [3.63, 3.8) is 0 Å². The third kappa shape index (κ3) is 5.66. The summed E-state index contributed by atoms with van der Waals surface area (Å²) >= 11 is 0. The molecule has 0 unspecified atom stereocenters. The van der Waals surface area contributed by atoms with Crippen molar-refractivity contribution in [1.29, 1.82) is 0 Å². The van der Waals surface area contributed by atoms with Gasteiger partial charge >= 0.3 is 0 Å². The van der Waals surface area contributed by atoms with Crippen molar-refractivity contribution in [2.75, 3.05) is 0 Å². The molecular formula is C45H40B10N2. The van der Waals surface area contributed by atoms with Gasteiger partial charge in [0.25, 0.3) is 0 Å². The minimum atomic E-state index is 0.989. The van der Waals surface area contributed by atoms with Gasteiger partial charge in [0.2, 0.25) is 0 Å². The van der Waals surface area contributed by atoms with Crippen LogP contribution in [0.1, 0.15) is 0 Å². The number of aromatic nitrogens is 2. The SMILES string of the molecule is Bc1c(B)c(B)c(-c2ccccc2-c2c3ccccc3c(-c3cccc(-n4c(-c5c(B)c(B)c(B)c(B)c5B)nc5ccccc54)c3)c3ccccc23)c(B)c1B. The highest BCUT2D eigenvalue weighted by molar-refractivity contribution is 6.70. The van der Waals surface area contributed by atoms with Crippen LogP contribution in [0.25, 0.3) is 83.0 Å². The lowest BCUT2D eigenvalue weighted by molar-refractivity contribution is 1.11. The average molecular weight is 717 g/mol. The molecule has 57 heavy (non-hydrogen) atoms. The van der Waals surface area contributed by atoms with Crippen molar-refractivity contribution in [2.45, 2.75) is 0 Å². The van der Waals surface area contributed by atoms with E-state index in [1.54, 1.807) is 0 Å². The molecule has 2 nitrogen and oxygen atoms in total. The molecule has 0 atom stereocenters. The van der Waals surface area contributed by atoms with E-state index in [9.17, 15) is 0 Å². The lowest BCUT2D eigenvalue weighted by Gasteiger charge is -2.24. The fourth-order valence-electron chi connectivity index (χ4n) is 9.64. The van der Waals surface area contributed by atoms with Crippen LogP contribution in [0.2, 0.25) is 0 Å². The van der Waals surface area contributed by atoms with Crippen LogP contribution < -0.4 is 54.6 Å². The largest absolute Gasteiger partial charge is 0.292 e. The maximum atomic E-state index is 5.36. The number of benzene rings is 8. The fourth-order valence-corrected chi connectivity index (χ4v) is 9.64. The van der Waals surface area contributed by atoms with Crippen LogP contribution in [0.15, 0.2) is 121 Å². The summed E-state index contributed by atoms with van der Waals surface area (Å²) in [7, 11) is 22.7. The van der Waals surface area contributed by atoms with Crippen molar-refractivity contribution in [2.24, 2.45) is 0 Å². The molecule has 12 heteroatoms. The van der Waals surface area contributed by atoms with Crippen molar-refractivity contribution in [3.8, 4) is 50.5 Å². The highest BCUT2D eigenvalue weighted by Crippen LogP contribution is 2.46. The third-order valence-corrected chi connectivity index (χ3v) is 13.6. The van der Waals surface area contributed by atoms with E-state index in [2.05, 4.69) is 204 Å². The molecule has 1 aromatic heterocycles. The lowest BCUT2D eigenvalue weighted by Crippen LogP contribution is -2.55. The minimum Gasteiger partial charge on any atom is -0.292 e. The quantitative estimate of drug-likeness (QED) is 0.129. The summed E-state index contributed by atoms with van der Waals surface area (Å²) < 4.78 is 2.38. The first-order chi connectivity index (χ1) is 27.5. The second kappa shape index (κ2) is 14.1. The zero-order chi connectivity index (χ0) is 39.9. The van der Waals surface area contributed by atoms with Gasteiger partial charge in [0.15, 0.2) is 0 Å². The Balaban J connectivity index is 1.33. The average Bonchev–Trinajstić information content (AvgIpc) is 3.62. The summed E-state index contributed by atoms with van der Waals surface area (Å²) in [5.74, 6) is 0.989. The number of fused-ring (bicyclic) bond motifs is 3. The molecule has 0 saturated carbocycles. The molecule has 8 aromatic carbocycles. The number of para-hydroxylation sites is 2. The molecule has 0 fully saturated rings.